The lowest BCUT2D eigenvalue weighted by Crippen LogP contribution is -2.25. The maximum Gasteiger partial charge on any atom is 0.258 e. The molecular weight excluding hydrogens is 274 g/mol. The van der Waals surface area contributed by atoms with Gasteiger partial charge in [-0.2, -0.15) is 5.10 Å². The SMILES string of the molecule is CNCc1cn[nH]c1S(=O)(=O)NCc1cncs1. The van der Waals surface area contributed by atoms with Gasteiger partial charge in [0.25, 0.3) is 10.0 Å². The second kappa shape index (κ2) is 5.57. The summed E-state index contributed by atoms with van der Waals surface area (Å²) in [4.78, 5) is 4.74. The third-order valence-electron chi connectivity index (χ3n) is 2.23. The largest absolute Gasteiger partial charge is 0.316 e. The molecule has 0 aliphatic heterocycles. The van der Waals surface area contributed by atoms with Gasteiger partial charge in [-0.05, 0) is 7.05 Å². The van der Waals surface area contributed by atoms with Gasteiger partial charge >= 0.3 is 0 Å². The topological polar surface area (TPSA) is 99.8 Å². The normalized spacial score (nSPS) is 11.8. The van der Waals surface area contributed by atoms with Crippen LogP contribution >= 0.6 is 11.3 Å². The van der Waals surface area contributed by atoms with Crippen LogP contribution in [0.3, 0.4) is 0 Å². The molecule has 0 bridgehead atoms. The van der Waals surface area contributed by atoms with Crippen molar-refractivity contribution >= 4 is 21.4 Å². The highest BCUT2D eigenvalue weighted by molar-refractivity contribution is 7.89. The highest BCUT2D eigenvalue weighted by Gasteiger charge is 2.20. The maximum absolute atomic E-state index is 12.1. The molecule has 0 aliphatic rings. The lowest BCUT2D eigenvalue weighted by atomic mass is 10.4. The van der Waals surface area contributed by atoms with Crippen molar-refractivity contribution in [2.24, 2.45) is 0 Å². The van der Waals surface area contributed by atoms with Gasteiger partial charge in [0.2, 0.25) is 0 Å². The number of nitrogens with one attached hydrogen (secondary N) is 3. The number of thiazole rings is 1. The first-order valence-corrected chi connectivity index (χ1v) is 7.53. The van der Waals surface area contributed by atoms with Crippen LogP contribution in [-0.2, 0) is 23.1 Å². The first kappa shape index (κ1) is 13.1. The van der Waals surface area contributed by atoms with Crippen molar-refractivity contribution in [1.82, 2.24) is 25.2 Å². The van der Waals surface area contributed by atoms with Gasteiger partial charge in [-0.25, -0.2) is 13.1 Å². The molecule has 0 amide bonds. The van der Waals surface area contributed by atoms with Crippen LogP contribution in [0.2, 0.25) is 0 Å². The molecule has 0 aliphatic carbocycles. The van der Waals surface area contributed by atoms with Gasteiger partial charge in [-0.3, -0.25) is 10.1 Å². The molecule has 98 valence electrons. The van der Waals surface area contributed by atoms with E-state index < -0.39 is 10.0 Å². The molecule has 0 saturated heterocycles. The zero-order valence-electron chi connectivity index (χ0n) is 9.67. The minimum atomic E-state index is -3.58. The molecule has 2 heterocycles. The Morgan fingerprint density at radius 1 is 1.39 bits per heavy atom. The summed E-state index contributed by atoms with van der Waals surface area (Å²) in [6, 6.07) is 0. The van der Waals surface area contributed by atoms with E-state index in [9.17, 15) is 8.42 Å². The quantitative estimate of drug-likeness (QED) is 0.698. The van der Waals surface area contributed by atoms with Gasteiger partial charge in [0.1, 0.15) is 0 Å². The Hall–Kier alpha value is -1.29. The molecule has 0 radical (unpaired) electrons. The fourth-order valence-electron chi connectivity index (χ4n) is 1.42. The number of nitrogens with zero attached hydrogens (tertiary/aromatic N) is 2. The first-order chi connectivity index (χ1) is 8.63. The number of hydrogen-bond donors (Lipinski definition) is 3. The molecule has 2 aromatic heterocycles. The van der Waals surface area contributed by atoms with Crippen molar-refractivity contribution in [3.63, 3.8) is 0 Å². The molecule has 2 aromatic rings. The van der Waals surface area contributed by atoms with Crippen LogP contribution in [0.1, 0.15) is 10.4 Å². The van der Waals surface area contributed by atoms with Crippen LogP contribution in [0.25, 0.3) is 0 Å². The van der Waals surface area contributed by atoms with Crippen LogP contribution in [0.15, 0.2) is 22.9 Å². The van der Waals surface area contributed by atoms with Crippen molar-refractivity contribution in [3.05, 3.63) is 28.3 Å². The van der Waals surface area contributed by atoms with Gasteiger partial charge < -0.3 is 5.32 Å². The lowest BCUT2D eigenvalue weighted by molar-refractivity contribution is 0.575. The zero-order chi connectivity index (χ0) is 13.0. The number of aromatic nitrogens is 3. The second-order valence-electron chi connectivity index (χ2n) is 3.55. The van der Waals surface area contributed by atoms with Gasteiger partial charge in [0, 0.05) is 29.7 Å². The Bertz CT molecular complexity index is 590. The van der Waals surface area contributed by atoms with Crippen LogP contribution in [-0.4, -0.2) is 30.6 Å². The van der Waals surface area contributed by atoms with Gasteiger partial charge in [0.05, 0.1) is 11.7 Å². The summed E-state index contributed by atoms with van der Waals surface area (Å²) in [5.74, 6) is 0. The summed E-state index contributed by atoms with van der Waals surface area (Å²) in [5.41, 5.74) is 2.26. The van der Waals surface area contributed by atoms with E-state index >= 15 is 0 Å². The highest BCUT2D eigenvalue weighted by Crippen LogP contribution is 2.13. The summed E-state index contributed by atoms with van der Waals surface area (Å²) < 4.78 is 26.6. The third kappa shape index (κ3) is 2.93. The molecule has 0 spiro atoms. The van der Waals surface area contributed by atoms with Crippen molar-refractivity contribution in [3.8, 4) is 0 Å². The Labute approximate surface area is 109 Å². The summed E-state index contributed by atoms with van der Waals surface area (Å²) in [6.45, 7) is 0.665. The summed E-state index contributed by atoms with van der Waals surface area (Å²) >= 11 is 1.40. The fraction of sp³-hybridized carbons (Fsp3) is 0.333. The maximum atomic E-state index is 12.1. The Kier molecular flexibility index (Phi) is 4.07. The third-order valence-corrected chi connectivity index (χ3v) is 4.43. The van der Waals surface area contributed by atoms with Gasteiger partial charge in [-0.15, -0.1) is 11.3 Å². The summed E-state index contributed by atoms with van der Waals surface area (Å²) in [5, 5.41) is 9.26. The monoisotopic (exact) mass is 287 g/mol. The Morgan fingerprint density at radius 3 is 2.89 bits per heavy atom. The van der Waals surface area contributed by atoms with Crippen LogP contribution in [0.5, 0.6) is 0 Å². The molecule has 0 unspecified atom stereocenters. The predicted molar refractivity (Wildman–Crippen MR) is 67.5 cm³/mol. The summed E-state index contributed by atoms with van der Waals surface area (Å²) in [7, 11) is -1.83. The van der Waals surface area contributed by atoms with Crippen LogP contribution in [0, 0.1) is 0 Å². The smallest absolute Gasteiger partial charge is 0.258 e. The Balaban J connectivity index is 2.12. The molecule has 0 atom stereocenters. The molecule has 0 fully saturated rings. The van der Waals surface area contributed by atoms with Crippen molar-refractivity contribution in [2.45, 2.75) is 18.1 Å². The molecule has 18 heavy (non-hydrogen) atoms. The molecular formula is C9H13N5O2S2. The number of sulfonamides is 1. The lowest BCUT2D eigenvalue weighted by Gasteiger charge is -2.05. The van der Waals surface area contributed by atoms with Crippen LogP contribution in [0.4, 0.5) is 0 Å². The van der Waals surface area contributed by atoms with E-state index in [1.807, 2.05) is 0 Å². The molecule has 2 rings (SSSR count). The van der Waals surface area contributed by atoms with E-state index in [1.54, 1.807) is 18.8 Å². The van der Waals surface area contributed by atoms with Crippen molar-refractivity contribution in [2.75, 3.05) is 7.05 Å². The molecule has 9 heteroatoms. The molecule has 0 aromatic carbocycles. The average Bonchev–Trinajstić information content (AvgIpc) is 2.97. The predicted octanol–water partition coefficient (Wildman–Crippen LogP) is 0.0641. The number of hydrogen-bond acceptors (Lipinski definition) is 6. The van der Waals surface area contributed by atoms with E-state index in [-0.39, 0.29) is 11.6 Å². The molecule has 7 nitrogen and oxygen atoms in total. The van der Waals surface area contributed by atoms with E-state index in [4.69, 9.17) is 0 Å². The highest BCUT2D eigenvalue weighted by atomic mass is 32.2. The van der Waals surface area contributed by atoms with Gasteiger partial charge in [-0.1, -0.05) is 0 Å². The van der Waals surface area contributed by atoms with Gasteiger partial charge in [0.15, 0.2) is 5.03 Å². The molecule has 3 N–H and O–H groups in total. The van der Waals surface area contributed by atoms with Crippen LogP contribution < -0.4 is 10.0 Å². The fourth-order valence-corrected chi connectivity index (χ4v) is 3.17. The first-order valence-electron chi connectivity index (χ1n) is 5.17. The van der Waals surface area contributed by atoms with Crippen molar-refractivity contribution in [1.29, 1.82) is 0 Å². The molecule has 0 saturated carbocycles. The van der Waals surface area contributed by atoms with Crippen molar-refractivity contribution < 1.29 is 8.42 Å². The number of rotatable bonds is 6. The second-order valence-corrected chi connectivity index (χ2v) is 6.22. The average molecular weight is 287 g/mol. The van der Waals surface area contributed by atoms with E-state index in [0.717, 1.165) is 4.88 Å². The van der Waals surface area contributed by atoms with E-state index in [0.29, 0.717) is 12.1 Å². The minimum absolute atomic E-state index is 0.0985. The number of H-pyrrole nitrogens is 1. The standard InChI is InChI=1S/C9H13N5O2S2/c1-10-2-7-3-12-14-9(7)18(15,16)13-5-8-4-11-6-17-8/h3-4,6,10,13H,2,5H2,1H3,(H,12,14). The minimum Gasteiger partial charge on any atom is -0.316 e. The van der Waals surface area contributed by atoms with E-state index in [1.165, 1.54) is 17.5 Å². The zero-order valence-corrected chi connectivity index (χ0v) is 11.3. The van der Waals surface area contributed by atoms with E-state index in [2.05, 4.69) is 25.2 Å². The summed E-state index contributed by atoms with van der Waals surface area (Å²) in [6.07, 6.45) is 3.13. The number of aromatic amines is 1. The Morgan fingerprint density at radius 2 is 2.22 bits per heavy atom.